The number of fused-ring (bicyclic) bond motifs is 2. The first-order valence-electron chi connectivity index (χ1n) is 10.6. The third-order valence-electron chi connectivity index (χ3n) is 5.74. The molecule has 31 heavy (non-hydrogen) atoms. The fourth-order valence-corrected chi connectivity index (χ4v) is 5.65. The summed E-state index contributed by atoms with van der Waals surface area (Å²) in [6.45, 7) is 3.41. The van der Waals surface area contributed by atoms with Crippen LogP contribution in [0.2, 0.25) is 5.02 Å². The molecule has 0 spiro atoms. The summed E-state index contributed by atoms with van der Waals surface area (Å²) in [5.74, 6) is 0. The molecule has 0 aromatic heterocycles. The predicted molar refractivity (Wildman–Crippen MR) is 131 cm³/mol. The summed E-state index contributed by atoms with van der Waals surface area (Å²) >= 11 is 6.35. The molecule has 6 heteroatoms. The summed E-state index contributed by atoms with van der Waals surface area (Å²) in [6, 6.07) is 22.4. The molecule has 0 amide bonds. The highest BCUT2D eigenvalue weighted by atomic mass is 35.5. The molecular weight excluding hydrogens is 426 g/mol. The van der Waals surface area contributed by atoms with E-state index in [1.165, 1.54) is 16.8 Å². The first-order chi connectivity index (χ1) is 15.0. The van der Waals surface area contributed by atoms with Crippen LogP contribution in [-0.4, -0.2) is 24.3 Å². The summed E-state index contributed by atoms with van der Waals surface area (Å²) in [5.41, 5.74) is 6.17. The summed E-state index contributed by atoms with van der Waals surface area (Å²) in [5, 5.41) is 0.744. The van der Waals surface area contributed by atoms with Crippen molar-refractivity contribution in [1.82, 2.24) is 4.72 Å². The van der Waals surface area contributed by atoms with Crippen LogP contribution in [0.4, 0.5) is 11.4 Å². The lowest BCUT2D eigenvalue weighted by molar-refractivity contribution is 0.659. The monoisotopic (exact) mass is 453 g/mol. The number of aryl methyl sites for hydroxylation is 3. The molecule has 3 aromatic rings. The first-order valence-corrected chi connectivity index (χ1v) is 12.5. The van der Waals surface area contributed by atoms with E-state index in [-0.39, 0.29) is 0 Å². The third kappa shape index (κ3) is 4.79. The van der Waals surface area contributed by atoms with Crippen LogP contribution in [-0.2, 0) is 22.8 Å². The largest absolute Gasteiger partial charge is 0.341 e. The van der Waals surface area contributed by atoms with Crippen molar-refractivity contribution in [3.05, 3.63) is 88.4 Å². The number of hydrogen-bond donors (Lipinski definition) is 1. The van der Waals surface area contributed by atoms with E-state index in [1.54, 1.807) is 7.05 Å². The quantitative estimate of drug-likeness (QED) is 0.469. The van der Waals surface area contributed by atoms with E-state index in [0.29, 0.717) is 6.54 Å². The van der Waals surface area contributed by atoms with Crippen LogP contribution < -0.4 is 9.62 Å². The van der Waals surface area contributed by atoms with Crippen molar-refractivity contribution >= 4 is 32.9 Å². The molecule has 3 aromatic carbocycles. The molecule has 1 heterocycles. The highest BCUT2D eigenvalue weighted by molar-refractivity contribution is 7.91. The fraction of sp³-hybridized carbons (Fsp3) is 0.280. The van der Waals surface area contributed by atoms with Crippen molar-refractivity contribution in [3.63, 3.8) is 0 Å². The highest BCUT2D eigenvalue weighted by Crippen LogP contribution is 2.37. The Labute approximate surface area is 190 Å². The second-order valence-electron chi connectivity index (χ2n) is 7.82. The zero-order chi connectivity index (χ0) is 21.8. The van der Waals surface area contributed by atoms with E-state index in [2.05, 4.69) is 50.4 Å². The Kier molecular flexibility index (Phi) is 6.65. The van der Waals surface area contributed by atoms with Crippen LogP contribution in [0.1, 0.15) is 23.1 Å². The van der Waals surface area contributed by atoms with Gasteiger partial charge in [-0.2, -0.15) is 0 Å². The van der Waals surface area contributed by atoms with Gasteiger partial charge in [0, 0.05) is 36.5 Å². The molecule has 0 radical (unpaired) electrons. The van der Waals surface area contributed by atoms with Gasteiger partial charge in [-0.25, -0.2) is 13.3 Å². The van der Waals surface area contributed by atoms with Crippen LogP contribution in [0.5, 0.6) is 0 Å². The number of halogens is 1. The second-order valence-corrected chi connectivity index (χ2v) is 10.4. The summed E-state index contributed by atoms with van der Waals surface area (Å²) in [6.07, 6.45) is 2.82. The van der Waals surface area contributed by atoms with Crippen molar-refractivity contribution in [2.45, 2.75) is 31.1 Å². The number of benzene rings is 3. The SMILES string of the molecule is CN=S(=O)(NCCCN1c2ccccc2CCc2ccc(Cl)cc21)c1ccc(C)cc1. The standard InChI is InChI=1S/C25H28ClN3OS/c1-19-8-14-23(15-9-19)31(30,27-2)28-16-5-17-29-24-7-4-3-6-20(24)10-11-21-12-13-22(26)18-25(21)29/h3-4,6-9,12-15,18H,5,10-11,16-17H2,1-2H3,(H,27,28,30). The number of hydrogen-bond acceptors (Lipinski definition) is 3. The summed E-state index contributed by atoms with van der Waals surface area (Å²) < 4.78 is 20.7. The maximum Gasteiger partial charge on any atom is 0.137 e. The number of anilines is 2. The Morgan fingerprint density at radius 2 is 1.71 bits per heavy atom. The van der Waals surface area contributed by atoms with E-state index in [9.17, 15) is 4.21 Å². The molecule has 4 rings (SSSR count). The van der Waals surface area contributed by atoms with Gasteiger partial charge < -0.3 is 4.90 Å². The van der Waals surface area contributed by atoms with Gasteiger partial charge in [0.15, 0.2) is 0 Å². The van der Waals surface area contributed by atoms with Gasteiger partial charge in [0.05, 0.1) is 4.90 Å². The molecule has 1 unspecified atom stereocenters. The maximum atomic E-state index is 13.3. The van der Waals surface area contributed by atoms with Crippen molar-refractivity contribution in [3.8, 4) is 0 Å². The van der Waals surface area contributed by atoms with Crippen molar-refractivity contribution in [2.24, 2.45) is 4.36 Å². The van der Waals surface area contributed by atoms with Crippen LogP contribution in [0.3, 0.4) is 0 Å². The van der Waals surface area contributed by atoms with E-state index < -0.39 is 9.92 Å². The molecule has 162 valence electrons. The summed E-state index contributed by atoms with van der Waals surface area (Å²) in [7, 11) is -1.02. The van der Waals surface area contributed by atoms with Gasteiger partial charge >= 0.3 is 0 Å². The van der Waals surface area contributed by atoms with Gasteiger partial charge in [-0.1, -0.05) is 53.6 Å². The Hall–Kier alpha value is -2.34. The zero-order valence-electron chi connectivity index (χ0n) is 18.0. The molecule has 0 saturated heterocycles. The minimum Gasteiger partial charge on any atom is -0.341 e. The zero-order valence-corrected chi connectivity index (χ0v) is 19.5. The summed E-state index contributed by atoms with van der Waals surface area (Å²) in [4.78, 5) is 3.07. The molecule has 0 bridgehead atoms. The van der Waals surface area contributed by atoms with Crippen molar-refractivity contribution in [1.29, 1.82) is 0 Å². The Morgan fingerprint density at radius 1 is 1.00 bits per heavy atom. The number of nitrogens with one attached hydrogen (secondary N) is 1. The topological polar surface area (TPSA) is 44.7 Å². The third-order valence-corrected chi connectivity index (χ3v) is 7.99. The molecular formula is C25H28ClN3OS. The van der Waals surface area contributed by atoms with Gasteiger partial charge in [0.1, 0.15) is 9.92 Å². The molecule has 0 aliphatic carbocycles. The van der Waals surface area contributed by atoms with Crippen molar-refractivity contribution in [2.75, 3.05) is 25.0 Å². The smallest absolute Gasteiger partial charge is 0.137 e. The molecule has 1 atom stereocenters. The molecule has 1 N–H and O–H groups in total. The van der Waals surface area contributed by atoms with Gasteiger partial charge in [0.25, 0.3) is 0 Å². The van der Waals surface area contributed by atoms with Crippen molar-refractivity contribution < 1.29 is 4.21 Å². The average molecular weight is 454 g/mol. The number of rotatable bonds is 6. The fourth-order valence-electron chi connectivity index (χ4n) is 4.05. The van der Waals surface area contributed by atoms with E-state index in [0.717, 1.165) is 47.0 Å². The average Bonchev–Trinajstić information content (AvgIpc) is 2.93. The minimum absolute atomic E-state index is 0.596. The Balaban J connectivity index is 1.52. The molecule has 1 aliphatic heterocycles. The Morgan fingerprint density at radius 3 is 2.45 bits per heavy atom. The first kappa shape index (κ1) is 21.9. The van der Waals surface area contributed by atoms with Crippen LogP contribution >= 0.6 is 11.6 Å². The molecule has 1 aliphatic rings. The lowest BCUT2D eigenvalue weighted by Gasteiger charge is -2.27. The second kappa shape index (κ2) is 9.43. The van der Waals surface area contributed by atoms with E-state index in [1.807, 2.05) is 37.3 Å². The number of para-hydroxylation sites is 1. The maximum absolute atomic E-state index is 13.3. The van der Waals surface area contributed by atoms with Gasteiger partial charge in [-0.15, -0.1) is 0 Å². The number of nitrogens with zero attached hydrogens (tertiary/aromatic N) is 2. The van der Waals surface area contributed by atoms with Gasteiger partial charge in [0.2, 0.25) is 0 Å². The predicted octanol–water partition coefficient (Wildman–Crippen LogP) is 5.94. The molecule has 0 fully saturated rings. The highest BCUT2D eigenvalue weighted by Gasteiger charge is 2.20. The van der Waals surface area contributed by atoms with E-state index in [4.69, 9.17) is 11.6 Å². The van der Waals surface area contributed by atoms with Crippen LogP contribution in [0.15, 0.2) is 76.0 Å². The normalized spacial score (nSPS) is 14.9. The molecule has 4 nitrogen and oxygen atoms in total. The lowest BCUT2D eigenvalue weighted by atomic mass is 10.0. The van der Waals surface area contributed by atoms with Gasteiger partial charge in [-0.05, 0) is 67.6 Å². The lowest BCUT2D eigenvalue weighted by Crippen LogP contribution is -2.28. The van der Waals surface area contributed by atoms with Crippen LogP contribution in [0.25, 0.3) is 0 Å². The molecule has 0 saturated carbocycles. The Bertz CT molecular complexity index is 1180. The van der Waals surface area contributed by atoms with Crippen LogP contribution in [0, 0.1) is 6.92 Å². The minimum atomic E-state index is -2.62. The van der Waals surface area contributed by atoms with Gasteiger partial charge in [-0.3, -0.25) is 0 Å². The van der Waals surface area contributed by atoms with E-state index >= 15 is 0 Å².